The first-order valence-corrected chi connectivity index (χ1v) is 9.21. The first-order valence-electron chi connectivity index (χ1n) is 8.13. The van der Waals surface area contributed by atoms with E-state index in [2.05, 4.69) is 19.9 Å². The monoisotopic (exact) mass is 516 g/mol. The van der Waals surface area contributed by atoms with Crippen LogP contribution in [0.25, 0.3) is 0 Å². The van der Waals surface area contributed by atoms with Crippen LogP contribution in [0.3, 0.4) is 0 Å². The number of imidazole rings is 1. The molecule has 0 fully saturated rings. The Morgan fingerprint density at radius 2 is 2.14 bits per heavy atom. The Balaban J connectivity index is 0.000000278. The summed E-state index contributed by atoms with van der Waals surface area (Å²) >= 11 is 2.00. The zero-order valence-corrected chi connectivity index (χ0v) is 17.1. The van der Waals surface area contributed by atoms with Crippen LogP contribution in [0.1, 0.15) is 10.5 Å². The van der Waals surface area contributed by atoms with Crippen LogP contribution in [-0.4, -0.2) is 55.4 Å². The third-order valence-corrected chi connectivity index (χ3v) is 3.92. The Kier molecular flexibility index (Phi) is 8.85. The minimum atomic E-state index is -1.05. The normalized spacial score (nSPS) is 11.3. The SMILES string of the molecule is NC(=O)c1cnccn1.OC[C@@H](O)CON(c1cnc[nH]1)c1ccc(I)cc1F. The van der Waals surface area contributed by atoms with E-state index in [9.17, 15) is 14.3 Å². The van der Waals surface area contributed by atoms with Crippen LogP contribution in [0.15, 0.2) is 49.3 Å². The summed E-state index contributed by atoms with van der Waals surface area (Å²) in [5, 5.41) is 19.3. The number of hydrogen-bond acceptors (Lipinski definition) is 8. The van der Waals surface area contributed by atoms with E-state index in [0.717, 1.165) is 3.57 Å². The van der Waals surface area contributed by atoms with E-state index >= 15 is 0 Å². The minimum absolute atomic E-state index is 0.180. The van der Waals surface area contributed by atoms with Gasteiger partial charge < -0.3 is 20.9 Å². The van der Waals surface area contributed by atoms with Crippen LogP contribution in [0, 0.1) is 9.39 Å². The van der Waals surface area contributed by atoms with Crippen molar-refractivity contribution in [1.29, 1.82) is 0 Å². The predicted molar refractivity (Wildman–Crippen MR) is 109 cm³/mol. The molecule has 154 valence electrons. The van der Waals surface area contributed by atoms with Gasteiger partial charge in [-0.15, -0.1) is 0 Å². The van der Waals surface area contributed by atoms with Gasteiger partial charge in [0.05, 0.1) is 25.3 Å². The Labute approximate surface area is 178 Å². The number of aromatic nitrogens is 4. The van der Waals surface area contributed by atoms with Crippen molar-refractivity contribution in [3.05, 3.63) is 64.4 Å². The first kappa shape index (κ1) is 22.6. The van der Waals surface area contributed by atoms with Gasteiger partial charge in [0.1, 0.15) is 29.9 Å². The molecule has 0 saturated carbocycles. The first-order chi connectivity index (χ1) is 13.9. The van der Waals surface area contributed by atoms with Crippen LogP contribution in [0.4, 0.5) is 15.9 Å². The molecule has 2 aromatic heterocycles. The maximum absolute atomic E-state index is 14.0. The summed E-state index contributed by atoms with van der Waals surface area (Å²) in [6, 6.07) is 4.66. The van der Waals surface area contributed by atoms with Gasteiger partial charge in [-0.2, -0.15) is 0 Å². The minimum Gasteiger partial charge on any atom is -0.394 e. The van der Waals surface area contributed by atoms with E-state index in [0.29, 0.717) is 5.82 Å². The second-order valence-electron chi connectivity index (χ2n) is 5.41. The average Bonchev–Trinajstić information content (AvgIpc) is 3.25. The van der Waals surface area contributed by atoms with Gasteiger partial charge in [-0.25, -0.2) is 19.4 Å². The average molecular weight is 516 g/mol. The summed E-state index contributed by atoms with van der Waals surface area (Å²) < 4.78 is 14.8. The van der Waals surface area contributed by atoms with Crippen LogP contribution < -0.4 is 10.8 Å². The van der Waals surface area contributed by atoms with Crippen molar-refractivity contribution in [3.63, 3.8) is 0 Å². The number of amides is 1. The van der Waals surface area contributed by atoms with E-state index in [1.165, 1.54) is 42.2 Å². The molecule has 0 unspecified atom stereocenters. The molecule has 0 aliphatic rings. The molecule has 1 amide bonds. The molecule has 0 bridgehead atoms. The number of H-pyrrole nitrogens is 1. The van der Waals surface area contributed by atoms with Gasteiger partial charge in [-0.3, -0.25) is 14.6 Å². The number of anilines is 2. The lowest BCUT2D eigenvalue weighted by Gasteiger charge is -2.23. The van der Waals surface area contributed by atoms with Crippen molar-refractivity contribution >= 4 is 40.0 Å². The van der Waals surface area contributed by atoms with Crippen molar-refractivity contribution in [2.24, 2.45) is 5.73 Å². The summed E-state index contributed by atoms with van der Waals surface area (Å²) in [5.74, 6) is -0.608. The van der Waals surface area contributed by atoms with Crippen LogP contribution in [-0.2, 0) is 4.84 Å². The molecule has 5 N–H and O–H groups in total. The third kappa shape index (κ3) is 7.01. The molecule has 10 nitrogen and oxygen atoms in total. The molecule has 29 heavy (non-hydrogen) atoms. The lowest BCUT2D eigenvalue weighted by Crippen LogP contribution is -2.27. The zero-order chi connectivity index (χ0) is 21.2. The second-order valence-corrected chi connectivity index (χ2v) is 6.66. The fraction of sp³-hybridized carbons (Fsp3) is 0.176. The van der Waals surface area contributed by atoms with Crippen molar-refractivity contribution in [2.45, 2.75) is 6.10 Å². The van der Waals surface area contributed by atoms with Gasteiger partial charge in [-0.1, -0.05) is 0 Å². The highest BCUT2D eigenvalue weighted by Crippen LogP contribution is 2.27. The van der Waals surface area contributed by atoms with Gasteiger partial charge in [0.15, 0.2) is 5.82 Å². The van der Waals surface area contributed by atoms with Crippen molar-refractivity contribution in [3.8, 4) is 0 Å². The fourth-order valence-electron chi connectivity index (χ4n) is 1.91. The number of hydrogen-bond donors (Lipinski definition) is 4. The molecule has 12 heteroatoms. The van der Waals surface area contributed by atoms with Gasteiger partial charge in [0.2, 0.25) is 0 Å². The predicted octanol–water partition coefficient (Wildman–Crippen LogP) is 1.15. The molecule has 1 aromatic carbocycles. The van der Waals surface area contributed by atoms with E-state index in [1.54, 1.807) is 12.1 Å². The summed E-state index contributed by atoms with van der Waals surface area (Å²) in [7, 11) is 0. The third-order valence-electron chi connectivity index (χ3n) is 3.25. The van der Waals surface area contributed by atoms with Crippen LogP contribution in [0.5, 0.6) is 0 Å². The number of carbonyl (C=O) groups excluding carboxylic acids is 1. The number of halogens is 2. The Morgan fingerprint density at radius 1 is 1.34 bits per heavy atom. The second kappa shape index (κ2) is 11.4. The Morgan fingerprint density at radius 3 is 2.66 bits per heavy atom. The van der Waals surface area contributed by atoms with Gasteiger partial charge in [-0.05, 0) is 40.8 Å². The lowest BCUT2D eigenvalue weighted by molar-refractivity contribution is 0.00525. The number of nitrogens with zero attached hydrogens (tertiary/aromatic N) is 4. The highest BCUT2D eigenvalue weighted by Gasteiger charge is 2.18. The van der Waals surface area contributed by atoms with Crippen molar-refractivity contribution < 1.29 is 24.2 Å². The molecule has 0 radical (unpaired) electrons. The molecule has 0 aliphatic carbocycles. The summed E-state index contributed by atoms with van der Waals surface area (Å²) in [5.41, 5.74) is 5.24. The van der Waals surface area contributed by atoms with E-state index in [1.807, 2.05) is 22.6 Å². The lowest BCUT2D eigenvalue weighted by atomic mass is 10.3. The molecule has 2 heterocycles. The number of aliphatic hydroxyl groups excluding tert-OH is 2. The van der Waals surface area contributed by atoms with Crippen LogP contribution >= 0.6 is 22.6 Å². The highest BCUT2D eigenvalue weighted by atomic mass is 127. The molecule has 3 rings (SSSR count). The highest BCUT2D eigenvalue weighted by molar-refractivity contribution is 14.1. The quantitative estimate of drug-likeness (QED) is 0.270. The molecule has 0 aliphatic heterocycles. The van der Waals surface area contributed by atoms with E-state index < -0.39 is 24.4 Å². The van der Waals surface area contributed by atoms with Crippen LogP contribution in [0.2, 0.25) is 0 Å². The number of aliphatic hydroxyl groups is 2. The number of nitrogens with one attached hydrogen (secondary N) is 1. The zero-order valence-electron chi connectivity index (χ0n) is 14.9. The summed E-state index contributed by atoms with van der Waals surface area (Å²) in [6.45, 7) is -0.618. The maximum atomic E-state index is 14.0. The number of benzene rings is 1. The van der Waals surface area contributed by atoms with E-state index in [-0.39, 0.29) is 18.0 Å². The summed E-state index contributed by atoms with van der Waals surface area (Å²) in [4.78, 5) is 29.6. The number of aromatic amines is 1. The smallest absolute Gasteiger partial charge is 0.268 e. The molecular formula is C17H18FIN6O4. The Hall–Kier alpha value is -2.68. The number of primary amides is 1. The maximum Gasteiger partial charge on any atom is 0.268 e. The molecule has 3 aromatic rings. The molecular weight excluding hydrogens is 498 g/mol. The summed E-state index contributed by atoms with van der Waals surface area (Å²) in [6.07, 6.45) is 6.06. The topological polar surface area (TPSA) is 150 Å². The number of carbonyl (C=O) groups is 1. The molecule has 1 atom stereocenters. The van der Waals surface area contributed by atoms with Gasteiger partial charge in [0.25, 0.3) is 5.91 Å². The standard InChI is InChI=1S/C12H13FIN3O3.C5H5N3O/c13-10-3-8(14)1-2-11(10)17(12-4-15-7-16-12)20-6-9(19)5-18;6-5(9)4-3-7-1-2-8-4/h1-4,7,9,18-19H,5-6H2,(H,15,16);1-3H,(H2,6,9)/t9-;/m1./s1. The van der Waals surface area contributed by atoms with Crippen molar-refractivity contribution in [1.82, 2.24) is 19.9 Å². The number of nitrogens with two attached hydrogens (primary N) is 1. The molecule has 0 spiro atoms. The molecule has 0 saturated heterocycles. The fourth-order valence-corrected chi connectivity index (χ4v) is 2.37. The number of rotatable bonds is 7. The Bertz CT molecular complexity index is 900. The van der Waals surface area contributed by atoms with E-state index in [4.69, 9.17) is 15.7 Å². The van der Waals surface area contributed by atoms with Gasteiger partial charge >= 0.3 is 0 Å². The van der Waals surface area contributed by atoms with Gasteiger partial charge in [0, 0.05) is 16.0 Å². The van der Waals surface area contributed by atoms with Crippen molar-refractivity contribution in [2.75, 3.05) is 18.3 Å². The largest absolute Gasteiger partial charge is 0.394 e.